The minimum Gasteiger partial charge on any atom is -0.480 e. The average molecular weight is 214 g/mol. The molecule has 0 aromatic carbocycles. The molecule has 0 saturated carbocycles. The van der Waals surface area contributed by atoms with Gasteiger partial charge >= 0.3 is 5.97 Å². The standard InChI is InChI=1S/C9H14N2O2S/c1-3-4-11(5-8(12)13)9-10-7(2)6-14-9/h6H,3-5H2,1-2H3,(H,12,13). The van der Waals surface area contributed by atoms with Gasteiger partial charge < -0.3 is 10.0 Å². The first-order chi connectivity index (χ1) is 6.63. The van der Waals surface area contributed by atoms with Gasteiger partial charge in [0.2, 0.25) is 0 Å². The molecule has 0 atom stereocenters. The molecule has 0 unspecified atom stereocenters. The van der Waals surface area contributed by atoms with E-state index in [1.807, 2.05) is 19.2 Å². The maximum absolute atomic E-state index is 10.6. The quantitative estimate of drug-likeness (QED) is 0.811. The molecule has 5 heteroatoms. The fourth-order valence-electron chi connectivity index (χ4n) is 1.16. The second kappa shape index (κ2) is 4.95. The number of carboxylic acid groups (broad SMARTS) is 1. The van der Waals surface area contributed by atoms with E-state index in [9.17, 15) is 4.79 Å². The molecule has 0 aliphatic heterocycles. The first-order valence-corrected chi connectivity index (χ1v) is 5.40. The van der Waals surface area contributed by atoms with Crippen LogP contribution in [-0.2, 0) is 4.79 Å². The van der Waals surface area contributed by atoms with E-state index in [0.717, 1.165) is 23.8 Å². The molecule has 1 aromatic heterocycles. The molecule has 1 rings (SSSR count). The van der Waals surface area contributed by atoms with Crippen molar-refractivity contribution in [2.75, 3.05) is 18.0 Å². The highest BCUT2D eigenvalue weighted by molar-refractivity contribution is 7.13. The third-order valence-corrected chi connectivity index (χ3v) is 2.72. The summed E-state index contributed by atoms with van der Waals surface area (Å²) >= 11 is 1.49. The number of aromatic nitrogens is 1. The molecule has 0 fully saturated rings. The Labute approximate surface area is 87.2 Å². The molecular formula is C9H14N2O2S. The summed E-state index contributed by atoms with van der Waals surface area (Å²) in [6, 6.07) is 0. The fraction of sp³-hybridized carbons (Fsp3) is 0.556. The number of aryl methyl sites for hydroxylation is 1. The predicted molar refractivity (Wildman–Crippen MR) is 57.0 cm³/mol. The van der Waals surface area contributed by atoms with Gasteiger partial charge in [-0.2, -0.15) is 0 Å². The normalized spacial score (nSPS) is 10.1. The molecule has 1 aromatic rings. The van der Waals surface area contributed by atoms with Crippen molar-refractivity contribution >= 4 is 22.4 Å². The summed E-state index contributed by atoms with van der Waals surface area (Å²) in [6.07, 6.45) is 0.923. The van der Waals surface area contributed by atoms with Crippen LogP contribution in [0.4, 0.5) is 5.13 Å². The molecule has 1 heterocycles. The number of thiazole rings is 1. The van der Waals surface area contributed by atoms with Crippen LogP contribution in [0.3, 0.4) is 0 Å². The van der Waals surface area contributed by atoms with Crippen LogP contribution in [-0.4, -0.2) is 29.1 Å². The zero-order chi connectivity index (χ0) is 10.6. The molecule has 1 N–H and O–H groups in total. The van der Waals surface area contributed by atoms with E-state index in [0.29, 0.717) is 0 Å². The molecule has 0 aliphatic rings. The zero-order valence-electron chi connectivity index (χ0n) is 8.36. The number of hydrogen-bond acceptors (Lipinski definition) is 4. The lowest BCUT2D eigenvalue weighted by atomic mass is 10.4. The van der Waals surface area contributed by atoms with Crippen molar-refractivity contribution in [2.45, 2.75) is 20.3 Å². The average Bonchev–Trinajstić information content (AvgIpc) is 2.50. The maximum atomic E-state index is 10.6. The van der Waals surface area contributed by atoms with E-state index in [-0.39, 0.29) is 6.54 Å². The molecule has 0 saturated heterocycles. The molecule has 0 bridgehead atoms. The van der Waals surface area contributed by atoms with Crippen LogP contribution in [0.5, 0.6) is 0 Å². The Balaban J connectivity index is 2.71. The molecule has 0 radical (unpaired) electrons. The van der Waals surface area contributed by atoms with E-state index >= 15 is 0 Å². The summed E-state index contributed by atoms with van der Waals surface area (Å²) in [7, 11) is 0. The van der Waals surface area contributed by atoms with E-state index in [4.69, 9.17) is 5.11 Å². The van der Waals surface area contributed by atoms with Crippen molar-refractivity contribution in [1.82, 2.24) is 4.98 Å². The van der Waals surface area contributed by atoms with Gasteiger partial charge in [0.05, 0.1) is 5.69 Å². The van der Waals surface area contributed by atoms with E-state index in [2.05, 4.69) is 4.98 Å². The summed E-state index contributed by atoms with van der Waals surface area (Å²) in [5.74, 6) is -0.814. The number of carboxylic acids is 1. The Morgan fingerprint density at radius 2 is 2.43 bits per heavy atom. The fourth-order valence-corrected chi connectivity index (χ4v) is 1.99. The Kier molecular flexibility index (Phi) is 3.88. The van der Waals surface area contributed by atoms with Crippen LogP contribution >= 0.6 is 11.3 Å². The molecule has 0 spiro atoms. The van der Waals surface area contributed by atoms with Crippen LogP contribution in [0.15, 0.2) is 5.38 Å². The van der Waals surface area contributed by atoms with Gasteiger partial charge in [-0.1, -0.05) is 6.92 Å². The minimum atomic E-state index is -0.814. The highest BCUT2D eigenvalue weighted by Gasteiger charge is 2.12. The van der Waals surface area contributed by atoms with Crippen LogP contribution in [0, 0.1) is 6.92 Å². The summed E-state index contributed by atoms with van der Waals surface area (Å²) in [6.45, 7) is 4.69. The predicted octanol–water partition coefficient (Wildman–Crippen LogP) is 1.75. The van der Waals surface area contributed by atoms with Gasteiger partial charge in [-0.25, -0.2) is 4.98 Å². The molecule has 78 valence electrons. The topological polar surface area (TPSA) is 53.4 Å². The smallest absolute Gasteiger partial charge is 0.323 e. The van der Waals surface area contributed by atoms with Crippen molar-refractivity contribution in [1.29, 1.82) is 0 Å². The van der Waals surface area contributed by atoms with Gasteiger partial charge in [0.15, 0.2) is 5.13 Å². The summed E-state index contributed by atoms with van der Waals surface area (Å²) in [5, 5.41) is 11.4. The SMILES string of the molecule is CCCN(CC(=O)O)c1nc(C)cs1. The first kappa shape index (κ1) is 11.0. The van der Waals surface area contributed by atoms with Crippen molar-refractivity contribution in [2.24, 2.45) is 0 Å². The van der Waals surface area contributed by atoms with Crippen LogP contribution in [0.1, 0.15) is 19.0 Å². The number of nitrogens with zero attached hydrogens (tertiary/aromatic N) is 2. The highest BCUT2D eigenvalue weighted by atomic mass is 32.1. The number of hydrogen-bond donors (Lipinski definition) is 1. The Morgan fingerprint density at radius 1 is 1.71 bits per heavy atom. The summed E-state index contributed by atoms with van der Waals surface area (Å²) < 4.78 is 0. The molecular weight excluding hydrogens is 200 g/mol. The van der Waals surface area contributed by atoms with Gasteiger partial charge in [0.25, 0.3) is 0 Å². The zero-order valence-corrected chi connectivity index (χ0v) is 9.17. The van der Waals surface area contributed by atoms with Gasteiger partial charge in [-0.05, 0) is 13.3 Å². The number of rotatable bonds is 5. The lowest BCUT2D eigenvalue weighted by molar-refractivity contribution is -0.135. The number of anilines is 1. The van der Waals surface area contributed by atoms with Crippen LogP contribution in [0.25, 0.3) is 0 Å². The maximum Gasteiger partial charge on any atom is 0.323 e. The third kappa shape index (κ3) is 2.99. The second-order valence-electron chi connectivity index (χ2n) is 3.09. The minimum absolute atomic E-state index is 0.0286. The van der Waals surface area contributed by atoms with E-state index < -0.39 is 5.97 Å². The Morgan fingerprint density at radius 3 is 2.86 bits per heavy atom. The van der Waals surface area contributed by atoms with Gasteiger partial charge in [0.1, 0.15) is 6.54 Å². The lowest BCUT2D eigenvalue weighted by Gasteiger charge is -2.18. The molecule has 0 amide bonds. The monoisotopic (exact) mass is 214 g/mol. The number of carbonyl (C=O) groups is 1. The van der Waals surface area contributed by atoms with Crippen molar-refractivity contribution in [3.8, 4) is 0 Å². The largest absolute Gasteiger partial charge is 0.480 e. The van der Waals surface area contributed by atoms with E-state index in [1.165, 1.54) is 11.3 Å². The first-order valence-electron chi connectivity index (χ1n) is 4.52. The third-order valence-electron chi connectivity index (χ3n) is 1.70. The van der Waals surface area contributed by atoms with E-state index in [1.54, 1.807) is 4.90 Å². The van der Waals surface area contributed by atoms with Gasteiger partial charge in [-0.3, -0.25) is 4.79 Å². The summed E-state index contributed by atoms with van der Waals surface area (Å²) in [5.41, 5.74) is 0.941. The Hall–Kier alpha value is -1.10. The lowest BCUT2D eigenvalue weighted by Crippen LogP contribution is -2.30. The Bertz CT molecular complexity index is 312. The molecule has 0 aliphatic carbocycles. The van der Waals surface area contributed by atoms with Crippen molar-refractivity contribution in [3.05, 3.63) is 11.1 Å². The molecule has 4 nitrogen and oxygen atoms in total. The van der Waals surface area contributed by atoms with Gasteiger partial charge in [-0.15, -0.1) is 11.3 Å². The van der Waals surface area contributed by atoms with Gasteiger partial charge in [0, 0.05) is 11.9 Å². The molecule has 14 heavy (non-hydrogen) atoms. The second-order valence-corrected chi connectivity index (χ2v) is 3.92. The number of aliphatic carboxylic acids is 1. The van der Waals surface area contributed by atoms with Crippen molar-refractivity contribution in [3.63, 3.8) is 0 Å². The van der Waals surface area contributed by atoms with Crippen molar-refractivity contribution < 1.29 is 9.90 Å². The summed E-state index contributed by atoms with van der Waals surface area (Å²) in [4.78, 5) is 16.7. The van der Waals surface area contributed by atoms with Crippen LogP contribution < -0.4 is 4.90 Å². The highest BCUT2D eigenvalue weighted by Crippen LogP contribution is 2.19. The van der Waals surface area contributed by atoms with Crippen LogP contribution in [0.2, 0.25) is 0 Å².